The van der Waals surface area contributed by atoms with Gasteiger partial charge in [0.1, 0.15) is 0 Å². The molecule has 6 heteroatoms. The number of hydrogen-bond acceptors (Lipinski definition) is 2. The van der Waals surface area contributed by atoms with Crippen LogP contribution in [0.3, 0.4) is 0 Å². The molecule has 0 aromatic heterocycles. The van der Waals surface area contributed by atoms with Crippen molar-refractivity contribution in [2.75, 3.05) is 10.6 Å². The maximum Gasteiger partial charge on any atom is 0.171 e. The van der Waals surface area contributed by atoms with E-state index in [2.05, 4.69) is 130 Å². The summed E-state index contributed by atoms with van der Waals surface area (Å²) in [4.78, 5) is 0. The molecule has 0 amide bonds. The Kier molecular flexibility index (Phi) is 10.6. The molecule has 50 heavy (non-hydrogen) atoms. The van der Waals surface area contributed by atoms with Crippen molar-refractivity contribution < 1.29 is 0 Å². The number of fused-ring (bicyclic) bond motifs is 8. The van der Waals surface area contributed by atoms with Crippen LogP contribution in [0.4, 0.5) is 11.4 Å². The molecule has 0 saturated heterocycles. The molecule has 1 aliphatic carbocycles. The van der Waals surface area contributed by atoms with E-state index in [0.717, 1.165) is 37.1 Å². The van der Waals surface area contributed by atoms with Crippen LogP contribution in [-0.2, 0) is 38.8 Å². The molecule has 1 aliphatic rings. The molecule has 0 radical (unpaired) electrons. The first-order chi connectivity index (χ1) is 24.5. The molecule has 6 aromatic rings. The number of rotatable bonds is 6. The summed E-state index contributed by atoms with van der Waals surface area (Å²) in [6, 6.07) is 52.1. The summed E-state index contributed by atoms with van der Waals surface area (Å²) in [6.45, 7) is 1.35. The van der Waals surface area contributed by atoms with Crippen LogP contribution in [0.15, 0.2) is 146 Å². The molecule has 0 aliphatic heterocycles. The third-order valence-corrected chi connectivity index (χ3v) is 9.32. The second-order valence-electron chi connectivity index (χ2n) is 13.0. The van der Waals surface area contributed by atoms with Crippen LogP contribution in [0.25, 0.3) is 0 Å². The van der Waals surface area contributed by atoms with Crippen molar-refractivity contribution in [3.8, 4) is 0 Å². The molecule has 0 spiro atoms. The zero-order valence-corrected chi connectivity index (χ0v) is 29.5. The number of thiocarbonyl (C=S) groups is 2. The minimum Gasteiger partial charge on any atom is -0.358 e. The molecule has 248 valence electrons. The molecule has 6 aromatic carbocycles. The lowest BCUT2D eigenvalue weighted by atomic mass is 9.93. The van der Waals surface area contributed by atoms with Crippen LogP contribution >= 0.6 is 24.4 Å². The van der Waals surface area contributed by atoms with Gasteiger partial charge in [0.25, 0.3) is 0 Å². The number of hydrogen-bond donors (Lipinski definition) is 4. The van der Waals surface area contributed by atoms with E-state index in [1.807, 2.05) is 36.4 Å². The summed E-state index contributed by atoms with van der Waals surface area (Å²) in [6.07, 6.45) is 3.31. The summed E-state index contributed by atoms with van der Waals surface area (Å²) in [7, 11) is 0. The van der Waals surface area contributed by atoms with E-state index in [0.29, 0.717) is 23.3 Å². The lowest BCUT2D eigenvalue weighted by Gasteiger charge is -2.16. The van der Waals surface area contributed by atoms with Gasteiger partial charge in [0.05, 0.1) is 0 Å². The van der Waals surface area contributed by atoms with Gasteiger partial charge in [-0.3, -0.25) is 0 Å². The van der Waals surface area contributed by atoms with Gasteiger partial charge in [-0.1, -0.05) is 121 Å². The summed E-state index contributed by atoms with van der Waals surface area (Å²) < 4.78 is 0. The predicted octanol–water partition coefficient (Wildman–Crippen LogP) is 9.34. The Morgan fingerprint density at radius 1 is 0.380 bits per heavy atom. The standard InChI is InChI=1S/C44H40N4S2/c49-43(45-29-31-9-3-1-4-10-31)47-41-25-37-19-33-13-7-15-35(17-33)21-39-24-40(22-36-16-8-14-34(18-36)20-38(23-37)26-41)28-42(27-39)48-44(50)46-30-32-11-5-2-6-12-32/h1-18,23-28H,19-22,29-30H2,(H2,45,47,49)(H2,46,48,50). The van der Waals surface area contributed by atoms with Crippen LogP contribution in [0.1, 0.15) is 55.6 Å². The van der Waals surface area contributed by atoms with Crippen LogP contribution in [0, 0.1) is 0 Å². The van der Waals surface area contributed by atoms with Crippen molar-refractivity contribution in [2.45, 2.75) is 38.8 Å². The molecule has 0 fully saturated rings. The molecule has 0 heterocycles. The highest BCUT2D eigenvalue weighted by Gasteiger charge is 2.11. The molecule has 8 bridgehead atoms. The molecular formula is C44H40N4S2. The van der Waals surface area contributed by atoms with Crippen molar-refractivity contribution in [3.05, 3.63) is 201 Å². The second-order valence-corrected chi connectivity index (χ2v) is 13.8. The highest BCUT2D eigenvalue weighted by molar-refractivity contribution is 7.80. The van der Waals surface area contributed by atoms with Gasteiger partial charge >= 0.3 is 0 Å². The summed E-state index contributed by atoms with van der Waals surface area (Å²) in [5.41, 5.74) is 14.5. The van der Waals surface area contributed by atoms with Gasteiger partial charge in [-0.2, -0.15) is 0 Å². The molecule has 0 unspecified atom stereocenters. The average molecular weight is 689 g/mol. The number of anilines is 2. The largest absolute Gasteiger partial charge is 0.358 e. The maximum absolute atomic E-state index is 5.72. The van der Waals surface area contributed by atoms with Crippen molar-refractivity contribution >= 4 is 46.0 Å². The monoisotopic (exact) mass is 688 g/mol. The first-order valence-electron chi connectivity index (χ1n) is 17.1. The Morgan fingerprint density at radius 2 is 0.700 bits per heavy atom. The van der Waals surface area contributed by atoms with Crippen molar-refractivity contribution in [3.63, 3.8) is 0 Å². The van der Waals surface area contributed by atoms with Gasteiger partial charge in [-0.15, -0.1) is 0 Å². The van der Waals surface area contributed by atoms with Crippen molar-refractivity contribution in [1.29, 1.82) is 0 Å². The fourth-order valence-corrected chi connectivity index (χ4v) is 7.01. The fourth-order valence-electron chi connectivity index (χ4n) is 6.63. The second kappa shape index (κ2) is 15.9. The molecule has 7 rings (SSSR count). The van der Waals surface area contributed by atoms with Crippen LogP contribution < -0.4 is 21.3 Å². The van der Waals surface area contributed by atoms with Gasteiger partial charge in [-0.25, -0.2) is 0 Å². The van der Waals surface area contributed by atoms with E-state index < -0.39 is 0 Å². The zero-order chi connectivity index (χ0) is 34.1. The Labute approximate surface area is 306 Å². The first kappa shape index (κ1) is 33.2. The van der Waals surface area contributed by atoms with Gasteiger partial charge in [0.15, 0.2) is 10.2 Å². The van der Waals surface area contributed by atoms with Gasteiger partial charge in [-0.05, 0) is 130 Å². The topological polar surface area (TPSA) is 48.1 Å². The lowest BCUT2D eigenvalue weighted by Crippen LogP contribution is -2.28. The van der Waals surface area contributed by atoms with E-state index in [9.17, 15) is 0 Å². The van der Waals surface area contributed by atoms with E-state index in [4.69, 9.17) is 24.4 Å². The van der Waals surface area contributed by atoms with Gasteiger partial charge < -0.3 is 21.3 Å². The Bertz CT molecular complexity index is 1880. The van der Waals surface area contributed by atoms with E-state index >= 15 is 0 Å². The van der Waals surface area contributed by atoms with Gasteiger partial charge in [0, 0.05) is 24.5 Å². The maximum atomic E-state index is 5.72. The highest BCUT2D eigenvalue weighted by Crippen LogP contribution is 2.25. The van der Waals surface area contributed by atoms with Crippen LogP contribution in [0.2, 0.25) is 0 Å². The minimum absolute atomic E-state index is 0.617. The van der Waals surface area contributed by atoms with Crippen molar-refractivity contribution in [2.24, 2.45) is 0 Å². The van der Waals surface area contributed by atoms with E-state index in [1.54, 1.807) is 0 Å². The Hall–Kier alpha value is -5.30. The third kappa shape index (κ3) is 9.44. The summed E-state index contributed by atoms with van der Waals surface area (Å²) in [5.74, 6) is 0. The molecule has 0 atom stereocenters. The first-order valence-corrected chi connectivity index (χ1v) is 17.9. The smallest absolute Gasteiger partial charge is 0.171 e. The van der Waals surface area contributed by atoms with E-state index in [-0.39, 0.29) is 0 Å². The van der Waals surface area contributed by atoms with Crippen LogP contribution in [0.5, 0.6) is 0 Å². The summed E-state index contributed by atoms with van der Waals surface area (Å²) in [5, 5.41) is 14.9. The van der Waals surface area contributed by atoms with Crippen LogP contribution in [-0.4, -0.2) is 10.2 Å². The third-order valence-electron chi connectivity index (χ3n) is 8.83. The fraction of sp³-hybridized carbons (Fsp3) is 0.136. The SMILES string of the molecule is S=C(NCc1ccccc1)Nc1cc2cc(c1)Cc1cccc(c1)Cc1cc(cc(NC(=S)NCc3ccccc3)c1)Cc1cccc(c1)C2. The minimum atomic E-state index is 0.617. The van der Waals surface area contributed by atoms with E-state index in [1.165, 1.54) is 55.6 Å². The normalized spacial score (nSPS) is 12.0. The Balaban J connectivity index is 1.15. The molecule has 4 N–H and O–H groups in total. The molecule has 4 nitrogen and oxygen atoms in total. The Morgan fingerprint density at radius 3 is 1.04 bits per heavy atom. The summed E-state index contributed by atoms with van der Waals surface area (Å²) >= 11 is 11.4. The zero-order valence-electron chi connectivity index (χ0n) is 27.9. The average Bonchev–Trinajstić information content (AvgIpc) is 3.10. The molecular weight excluding hydrogens is 649 g/mol. The van der Waals surface area contributed by atoms with Gasteiger partial charge in [0.2, 0.25) is 0 Å². The van der Waals surface area contributed by atoms with Crippen molar-refractivity contribution in [1.82, 2.24) is 10.6 Å². The highest BCUT2D eigenvalue weighted by atomic mass is 32.1. The lowest BCUT2D eigenvalue weighted by molar-refractivity contribution is 0.926. The number of nitrogens with one attached hydrogen (secondary N) is 4. The number of benzene rings is 6. The molecule has 0 saturated carbocycles. The predicted molar refractivity (Wildman–Crippen MR) is 216 cm³/mol. The quantitative estimate of drug-likeness (QED) is 0.131.